The van der Waals surface area contributed by atoms with Crippen LogP contribution in [0.25, 0.3) is 0 Å². The zero-order valence-corrected chi connectivity index (χ0v) is 16.0. The van der Waals surface area contributed by atoms with Gasteiger partial charge in [-0.05, 0) is 41.3 Å². The maximum absolute atomic E-state index is 12.3. The van der Waals surface area contributed by atoms with Gasteiger partial charge in [0.1, 0.15) is 36.3 Å². The summed E-state index contributed by atoms with van der Waals surface area (Å²) in [5.74, 6) is -0.369. The number of aliphatic hydroxyl groups is 4. The van der Waals surface area contributed by atoms with Gasteiger partial charge in [-0.25, -0.2) is 0 Å². The molecule has 0 aromatic heterocycles. The van der Waals surface area contributed by atoms with Crippen LogP contribution in [0.2, 0.25) is 0 Å². The molecule has 1 heterocycles. The molecular weight excluding hydrogens is 419 g/mol. The van der Waals surface area contributed by atoms with Crippen LogP contribution in [0.1, 0.15) is 28.4 Å². The maximum Gasteiger partial charge on any atom is 0.573 e. The van der Waals surface area contributed by atoms with Crippen LogP contribution in [0.3, 0.4) is 0 Å². The number of aliphatic hydroxyl groups excluding tert-OH is 4. The lowest BCUT2D eigenvalue weighted by molar-refractivity contribution is -0.274. The van der Waals surface area contributed by atoms with Gasteiger partial charge in [-0.15, -0.1) is 13.2 Å². The second kappa shape index (κ2) is 9.21. The van der Waals surface area contributed by atoms with Crippen molar-refractivity contribution in [2.75, 3.05) is 6.61 Å². The average molecular weight is 439 g/mol. The molecule has 1 fully saturated rings. The topological polar surface area (TPSA) is 123 Å². The van der Waals surface area contributed by atoms with E-state index in [1.165, 1.54) is 24.3 Å². The molecule has 5 atom stereocenters. The van der Waals surface area contributed by atoms with Crippen molar-refractivity contribution in [1.29, 1.82) is 5.26 Å². The number of hydrogen-bond acceptors (Lipinski definition) is 7. The van der Waals surface area contributed by atoms with E-state index in [1.54, 1.807) is 6.07 Å². The molecule has 0 saturated carbocycles. The highest BCUT2D eigenvalue weighted by Gasteiger charge is 2.44. The molecule has 0 amide bonds. The van der Waals surface area contributed by atoms with Gasteiger partial charge in [-0.3, -0.25) is 0 Å². The number of benzene rings is 2. The molecule has 166 valence electrons. The Labute approximate surface area is 175 Å². The lowest BCUT2D eigenvalue weighted by Crippen LogP contribution is -2.55. The first kappa shape index (κ1) is 23.0. The van der Waals surface area contributed by atoms with Gasteiger partial charge in [0.05, 0.1) is 18.2 Å². The third kappa shape index (κ3) is 5.33. The van der Waals surface area contributed by atoms with Crippen molar-refractivity contribution in [1.82, 2.24) is 0 Å². The smallest absolute Gasteiger partial charge is 0.406 e. The van der Waals surface area contributed by atoms with Gasteiger partial charge < -0.3 is 29.9 Å². The van der Waals surface area contributed by atoms with Gasteiger partial charge >= 0.3 is 6.36 Å². The highest BCUT2D eigenvalue weighted by Crippen LogP contribution is 2.33. The third-order valence-electron chi connectivity index (χ3n) is 5.02. The zero-order valence-electron chi connectivity index (χ0n) is 16.0. The molecule has 1 aliphatic rings. The lowest BCUT2D eigenvalue weighted by atomic mass is 9.89. The molecule has 2 aromatic carbocycles. The maximum atomic E-state index is 12.3. The average Bonchev–Trinajstić information content (AvgIpc) is 2.73. The summed E-state index contributed by atoms with van der Waals surface area (Å²) in [4.78, 5) is 0. The van der Waals surface area contributed by atoms with E-state index in [-0.39, 0.29) is 12.2 Å². The van der Waals surface area contributed by atoms with Gasteiger partial charge in [0, 0.05) is 0 Å². The number of nitriles is 1. The molecule has 0 spiro atoms. The Morgan fingerprint density at radius 3 is 2.26 bits per heavy atom. The fraction of sp³-hybridized carbons (Fsp3) is 0.381. The fourth-order valence-corrected chi connectivity index (χ4v) is 3.45. The Balaban J connectivity index is 1.85. The molecule has 0 aliphatic carbocycles. The molecule has 4 N–H and O–H groups in total. The van der Waals surface area contributed by atoms with E-state index in [2.05, 4.69) is 4.74 Å². The molecule has 2 aromatic rings. The first-order valence-corrected chi connectivity index (χ1v) is 9.31. The number of ether oxygens (including phenoxy) is 2. The molecule has 1 saturated heterocycles. The van der Waals surface area contributed by atoms with Crippen LogP contribution in [-0.4, -0.2) is 57.8 Å². The van der Waals surface area contributed by atoms with Crippen molar-refractivity contribution in [2.45, 2.75) is 43.3 Å². The second-order valence-corrected chi connectivity index (χ2v) is 7.15. The first-order valence-electron chi connectivity index (χ1n) is 9.31. The van der Waals surface area contributed by atoms with E-state index in [9.17, 15) is 38.9 Å². The predicted molar refractivity (Wildman–Crippen MR) is 99.8 cm³/mol. The molecule has 31 heavy (non-hydrogen) atoms. The van der Waals surface area contributed by atoms with Crippen LogP contribution in [0, 0.1) is 11.3 Å². The normalized spacial score (nSPS) is 26.3. The van der Waals surface area contributed by atoms with E-state index in [1.807, 2.05) is 6.07 Å². The summed E-state index contributed by atoms with van der Waals surface area (Å²) < 4.78 is 46.3. The van der Waals surface area contributed by atoms with Gasteiger partial charge in [0.15, 0.2) is 0 Å². The van der Waals surface area contributed by atoms with E-state index in [4.69, 9.17) is 4.74 Å². The van der Waals surface area contributed by atoms with Crippen LogP contribution in [-0.2, 0) is 11.2 Å². The van der Waals surface area contributed by atoms with Crippen molar-refractivity contribution >= 4 is 0 Å². The summed E-state index contributed by atoms with van der Waals surface area (Å²) in [5, 5.41) is 49.0. The van der Waals surface area contributed by atoms with E-state index in [0.717, 1.165) is 12.1 Å². The third-order valence-corrected chi connectivity index (χ3v) is 5.02. The van der Waals surface area contributed by atoms with Crippen molar-refractivity contribution in [3.63, 3.8) is 0 Å². The van der Waals surface area contributed by atoms with E-state index in [0.29, 0.717) is 22.3 Å². The van der Waals surface area contributed by atoms with Crippen LogP contribution in [0.4, 0.5) is 13.2 Å². The summed E-state index contributed by atoms with van der Waals surface area (Å²) >= 11 is 0. The second-order valence-electron chi connectivity index (χ2n) is 7.15. The van der Waals surface area contributed by atoms with Gasteiger partial charge in [0.25, 0.3) is 0 Å². The minimum Gasteiger partial charge on any atom is -0.406 e. The van der Waals surface area contributed by atoms with Crippen LogP contribution in [0.5, 0.6) is 5.75 Å². The highest BCUT2D eigenvalue weighted by atomic mass is 19.4. The van der Waals surface area contributed by atoms with Gasteiger partial charge in [-0.1, -0.05) is 24.3 Å². The SMILES string of the molecule is N#Cc1ccc([C@@H]2O[C@H](CO)[C@@H](O)[C@H](O)[C@H]2O)cc1Cc1ccc(OC(F)(F)F)cc1. The lowest BCUT2D eigenvalue weighted by Gasteiger charge is -2.40. The van der Waals surface area contributed by atoms with Crippen LogP contribution >= 0.6 is 0 Å². The Morgan fingerprint density at radius 2 is 1.68 bits per heavy atom. The Bertz CT molecular complexity index is 942. The summed E-state index contributed by atoms with van der Waals surface area (Å²) in [7, 11) is 0. The monoisotopic (exact) mass is 439 g/mol. The summed E-state index contributed by atoms with van der Waals surface area (Å²) in [6, 6.07) is 11.8. The van der Waals surface area contributed by atoms with Gasteiger partial charge in [-0.2, -0.15) is 5.26 Å². The highest BCUT2D eigenvalue weighted by molar-refractivity contribution is 5.44. The molecule has 0 unspecified atom stereocenters. The Hall–Kier alpha value is -2.68. The van der Waals surface area contributed by atoms with Crippen molar-refractivity contribution in [3.8, 4) is 11.8 Å². The quantitative estimate of drug-likeness (QED) is 0.558. The molecule has 10 heteroatoms. The Morgan fingerprint density at radius 1 is 1.00 bits per heavy atom. The largest absolute Gasteiger partial charge is 0.573 e. The van der Waals surface area contributed by atoms with Crippen molar-refractivity contribution in [2.24, 2.45) is 0 Å². The van der Waals surface area contributed by atoms with Crippen molar-refractivity contribution < 1.29 is 43.1 Å². The van der Waals surface area contributed by atoms with E-state index < -0.39 is 43.5 Å². The standard InChI is InChI=1S/C21H20F3NO6/c22-21(23,24)31-15-5-1-11(2-6-15)7-14-8-12(3-4-13(14)9-25)20-19(29)18(28)17(27)16(10-26)30-20/h1-6,8,16-20,26-29H,7,10H2/t16-,17-,18+,19-,20+/m1/s1. The minimum atomic E-state index is -4.80. The van der Waals surface area contributed by atoms with E-state index >= 15 is 0 Å². The molecule has 7 nitrogen and oxygen atoms in total. The number of alkyl halides is 3. The molecule has 0 radical (unpaired) electrons. The summed E-state index contributed by atoms with van der Waals surface area (Å²) in [5.41, 5.74) is 1.84. The summed E-state index contributed by atoms with van der Waals surface area (Å²) in [6.07, 6.45) is -11.3. The van der Waals surface area contributed by atoms with Crippen LogP contribution in [0.15, 0.2) is 42.5 Å². The first-order chi connectivity index (χ1) is 14.6. The van der Waals surface area contributed by atoms with Crippen LogP contribution < -0.4 is 4.74 Å². The van der Waals surface area contributed by atoms with Gasteiger partial charge in [0.2, 0.25) is 0 Å². The number of hydrogen-bond donors (Lipinski definition) is 4. The summed E-state index contributed by atoms with van der Waals surface area (Å²) in [6.45, 7) is -0.572. The zero-order chi connectivity index (χ0) is 22.8. The minimum absolute atomic E-state index is 0.195. The number of halogens is 3. The molecule has 3 rings (SSSR count). The number of nitrogens with zero attached hydrogens (tertiary/aromatic N) is 1. The Kier molecular flexibility index (Phi) is 6.83. The molecule has 0 bridgehead atoms. The number of rotatable bonds is 5. The van der Waals surface area contributed by atoms with Crippen molar-refractivity contribution in [3.05, 3.63) is 64.7 Å². The molecular formula is C21H20F3NO6. The predicted octanol–water partition coefficient (Wildman–Crippen LogP) is 1.56. The fourth-order valence-electron chi connectivity index (χ4n) is 3.45. The molecule has 1 aliphatic heterocycles.